The Labute approximate surface area is 114 Å². The number of hydrogen-bond donors (Lipinski definition) is 1. The molecule has 1 saturated heterocycles. The molecule has 19 heavy (non-hydrogen) atoms. The maximum Gasteiger partial charge on any atom is 0.245 e. The maximum atomic E-state index is 12.4. The molecule has 106 valence electrons. The summed E-state index contributed by atoms with van der Waals surface area (Å²) in [6.07, 6.45) is 5.29. The maximum absolute atomic E-state index is 12.4. The van der Waals surface area contributed by atoms with Gasteiger partial charge in [-0.25, -0.2) is 0 Å². The van der Waals surface area contributed by atoms with E-state index in [-0.39, 0.29) is 30.3 Å². The van der Waals surface area contributed by atoms with E-state index in [1.54, 1.807) is 0 Å². The molecule has 0 aromatic carbocycles. The fourth-order valence-corrected chi connectivity index (χ4v) is 3.32. The monoisotopic (exact) mass is 264 g/mol. The molecule has 1 heterocycles. The number of carbonyl (C=O) groups is 2. The lowest BCUT2D eigenvalue weighted by Gasteiger charge is -2.36. The van der Waals surface area contributed by atoms with Crippen LogP contribution >= 0.6 is 0 Å². The molecule has 3 rings (SSSR count). The smallest absolute Gasteiger partial charge is 0.245 e. The van der Waals surface area contributed by atoms with Crippen molar-refractivity contribution in [1.29, 1.82) is 0 Å². The van der Waals surface area contributed by atoms with Gasteiger partial charge >= 0.3 is 0 Å². The van der Waals surface area contributed by atoms with E-state index in [2.05, 4.69) is 5.32 Å². The molecule has 3 aliphatic rings. The molecule has 3 fully saturated rings. The first-order valence-electron chi connectivity index (χ1n) is 7.64. The van der Waals surface area contributed by atoms with Crippen LogP contribution < -0.4 is 5.32 Å². The predicted octanol–water partition coefficient (Wildman–Crippen LogP) is 1.41. The molecule has 2 saturated carbocycles. The third-order valence-electron chi connectivity index (χ3n) is 4.78. The summed E-state index contributed by atoms with van der Waals surface area (Å²) in [6, 6.07) is -0.319. The van der Waals surface area contributed by atoms with Gasteiger partial charge in [-0.3, -0.25) is 9.59 Å². The molecule has 1 N–H and O–H groups in total. The van der Waals surface area contributed by atoms with E-state index >= 15 is 0 Å². The van der Waals surface area contributed by atoms with Crippen molar-refractivity contribution in [2.24, 2.45) is 23.7 Å². The number of nitrogens with one attached hydrogen (secondary N) is 1. The highest BCUT2D eigenvalue weighted by molar-refractivity contribution is 5.95. The third kappa shape index (κ3) is 2.77. The molecule has 1 aliphatic heterocycles. The van der Waals surface area contributed by atoms with E-state index in [1.165, 1.54) is 25.7 Å². The standard InChI is InChI=1S/C15H24N2O2/c1-9(2)14-15(19)17(8-13(18)16-14)7-12(10-3-4-10)11-5-6-11/h9-12,14H,3-8H2,1-2H3,(H,16,18). The summed E-state index contributed by atoms with van der Waals surface area (Å²) in [7, 11) is 0. The lowest BCUT2D eigenvalue weighted by molar-refractivity contribution is -0.146. The minimum absolute atomic E-state index is 0.00337. The Morgan fingerprint density at radius 2 is 1.74 bits per heavy atom. The molecule has 0 bridgehead atoms. The van der Waals surface area contributed by atoms with E-state index in [0.717, 1.165) is 18.4 Å². The van der Waals surface area contributed by atoms with Crippen LogP contribution in [0.3, 0.4) is 0 Å². The van der Waals surface area contributed by atoms with Gasteiger partial charge in [-0.15, -0.1) is 0 Å². The Kier molecular flexibility index (Phi) is 3.27. The van der Waals surface area contributed by atoms with Crippen molar-refractivity contribution in [1.82, 2.24) is 10.2 Å². The zero-order valence-electron chi connectivity index (χ0n) is 11.9. The highest BCUT2D eigenvalue weighted by atomic mass is 16.2. The summed E-state index contributed by atoms with van der Waals surface area (Å²) < 4.78 is 0. The second kappa shape index (κ2) is 4.80. The molecule has 1 unspecified atom stereocenters. The van der Waals surface area contributed by atoms with Crippen LogP contribution in [0.15, 0.2) is 0 Å². The summed E-state index contributed by atoms with van der Waals surface area (Å²) in [5.41, 5.74) is 0. The minimum atomic E-state index is -0.319. The topological polar surface area (TPSA) is 49.4 Å². The van der Waals surface area contributed by atoms with Crippen molar-refractivity contribution < 1.29 is 9.59 Å². The van der Waals surface area contributed by atoms with Gasteiger partial charge in [0.1, 0.15) is 6.04 Å². The Morgan fingerprint density at radius 1 is 1.16 bits per heavy atom. The fraction of sp³-hybridized carbons (Fsp3) is 0.867. The minimum Gasteiger partial charge on any atom is -0.343 e. The fourth-order valence-electron chi connectivity index (χ4n) is 3.32. The molecule has 0 aromatic rings. The summed E-state index contributed by atoms with van der Waals surface area (Å²) in [4.78, 5) is 26.1. The second-order valence-electron chi connectivity index (χ2n) is 6.85. The number of carbonyl (C=O) groups excluding carboxylic acids is 2. The summed E-state index contributed by atoms with van der Waals surface area (Å²) in [6.45, 7) is 5.06. The first-order valence-corrected chi connectivity index (χ1v) is 7.64. The Balaban J connectivity index is 1.67. The zero-order valence-corrected chi connectivity index (χ0v) is 11.9. The summed E-state index contributed by atoms with van der Waals surface area (Å²) in [5.74, 6) is 2.59. The van der Waals surface area contributed by atoms with Crippen molar-refractivity contribution >= 4 is 11.8 Å². The van der Waals surface area contributed by atoms with Crippen molar-refractivity contribution in [3.05, 3.63) is 0 Å². The van der Waals surface area contributed by atoms with Crippen LogP contribution in [-0.2, 0) is 9.59 Å². The third-order valence-corrected chi connectivity index (χ3v) is 4.78. The SMILES string of the molecule is CC(C)C1NC(=O)CN(CC(C2CC2)C2CC2)C1=O. The van der Waals surface area contributed by atoms with Crippen LogP contribution in [-0.4, -0.2) is 35.8 Å². The number of amides is 2. The van der Waals surface area contributed by atoms with Crippen LogP contribution in [0.2, 0.25) is 0 Å². The van der Waals surface area contributed by atoms with Gasteiger partial charge in [-0.1, -0.05) is 13.8 Å². The van der Waals surface area contributed by atoms with Crippen molar-refractivity contribution in [2.75, 3.05) is 13.1 Å². The summed E-state index contributed by atoms with van der Waals surface area (Å²) >= 11 is 0. The molecule has 0 aromatic heterocycles. The van der Waals surface area contributed by atoms with E-state index in [4.69, 9.17) is 0 Å². The Bertz CT molecular complexity index is 374. The lowest BCUT2D eigenvalue weighted by atomic mass is 9.95. The molecular formula is C15H24N2O2. The van der Waals surface area contributed by atoms with Gasteiger partial charge in [-0.2, -0.15) is 0 Å². The zero-order chi connectivity index (χ0) is 13.6. The van der Waals surface area contributed by atoms with Gasteiger partial charge in [0, 0.05) is 6.54 Å². The normalized spacial score (nSPS) is 28.2. The van der Waals surface area contributed by atoms with Crippen LogP contribution in [0.4, 0.5) is 0 Å². The quantitative estimate of drug-likeness (QED) is 0.816. The van der Waals surface area contributed by atoms with Crippen molar-refractivity contribution in [3.63, 3.8) is 0 Å². The molecular weight excluding hydrogens is 240 g/mol. The first kappa shape index (κ1) is 12.9. The average Bonchev–Trinajstić information content (AvgIpc) is 3.22. The van der Waals surface area contributed by atoms with Gasteiger partial charge < -0.3 is 10.2 Å². The van der Waals surface area contributed by atoms with Crippen molar-refractivity contribution in [3.8, 4) is 0 Å². The van der Waals surface area contributed by atoms with E-state index in [0.29, 0.717) is 5.92 Å². The van der Waals surface area contributed by atoms with Crippen LogP contribution in [0.25, 0.3) is 0 Å². The van der Waals surface area contributed by atoms with E-state index < -0.39 is 0 Å². The molecule has 1 atom stereocenters. The van der Waals surface area contributed by atoms with Crippen LogP contribution in [0, 0.1) is 23.7 Å². The molecule has 2 amide bonds. The van der Waals surface area contributed by atoms with E-state index in [9.17, 15) is 9.59 Å². The number of hydrogen-bond acceptors (Lipinski definition) is 2. The van der Waals surface area contributed by atoms with Gasteiger partial charge in [0.25, 0.3) is 0 Å². The van der Waals surface area contributed by atoms with Gasteiger partial charge in [0.2, 0.25) is 11.8 Å². The molecule has 0 spiro atoms. The number of piperazine rings is 1. The average molecular weight is 264 g/mol. The summed E-state index contributed by atoms with van der Waals surface area (Å²) in [5, 5.41) is 2.83. The number of nitrogens with zero attached hydrogens (tertiary/aromatic N) is 1. The van der Waals surface area contributed by atoms with Gasteiger partial charge in [-0.05, 0) is 49.4 Å². The highest BCUT2D eigenvalue weighted by Crippen LogP contribution is 2.49. The molecule has 0 radical (unpaired) electrons. The lowest BCUT2D eigenvalue weighted by Crippen LogP contribution is -2.60. The first-order chi connectivity index (χ1) is 9.06. The van der Waals surface area contributed by atoms with Gasteiger partial charge in [0.05, 0.1) is 6.54 Å². The molecule has 4 heteroatoms. The van der Waals surface area contributed by atoms with Gasteiger partial charge in [0.15, 0.2) is 0 Å². The highest BCUT2D eigenvalue weighted by Gasteiger charge is 2.44. The van der Waals surface area contributed by atoms with Crippen LogP contribution in [0.5, 0.6) is 0 Å². The van der Waals surface area contributed by atoms with E-state index in [1.807, 2.05) is 18.7 Å². The Hall–Kier alpha value is -1.06. The number of rotatable bonds is 5. The molecule has 4 nitrogen and oxygen atoms in total. The predicted molar refractivity (Wildman–Crippen MR) is 72.3 cm³/mol. The molecule has 2 aliphatic carbocycles. The second-order valence-corrected chi connectivity index (χ2v) is 6.85. The van der Waals surface area contributed by atoms with Crippen molar-refractivity contribution in [2.45, 2.75) is 45.6 Å². The largest absolute Gasteiger partial charge is 0.343 e. The Morgan fingerprint density at radius 3 is 2.21 bits per heavy atom. The van der Waals surface area contributed by atoms with Crippen LogP contribution in [0.1, 0.15) is 39.5 Å².